The van der Waals surface area contributed by atoms with Crippen LogP contribution in [0.3, 0.4) is 0 Å². The number of carbonyl (C=O) groups is 2. The van der Waals surface area contributed by atoms with Crippen LogP contribution in [-0.2, 0) is 11.3 Å². The molecule has 0 unspecified atom stereocenters. The number of alkyl halides is 2. The lowest BCUT2D eigenvalue weighted by atomic mass is 10.2. The average Bonchev–Trinajstić information content (AvgIpc) is 2.60. The number of amides is 2. The van der Waals surface area contributed by atoms with Crippen molar-refractivity contribution in [3.05, 3.63) is 47.9 Å². The van der Waals surface area contributed by atoms with Crippen LogP contribution in [0, 0.1) is 0 Å². The van der Waals surface area contributed by atoms with E-state index in [9.17, 15) is 18.4 Å². The Kier molecular flexibility index (Phi) is 6.15. The number of esters is 1. The number of nitrogens with zero attached hydrogens (tertiary/aromatic N) is 2. The number of hydrogen-bond donors (Lipinski definition) is 2. The first kappa shape index (κ1) is 18.0. The molecule has 2 aromatic rings. The first-order valence-electron chi connectivity index (χ1n) is 6.97. The highest BCUT2D eigenvalue weighted by Crippen LogP contribution is 2.19. The number of carbonyl (C=O) groups excluding carboxylic acids is 2. The van der Waals surface area contributed by atoms with Gasteiger partial charge in [-0.2, -0.15) is 8.78 Å². The molecule has 0 atom stereocenters. The average molecular weight is 352 g/mol. The van der Waals surface area contributed by atoms with Crippen molar-refractivity contribution in [3.63, 3.8) is 0 Å². The molecule has 0 aliphatic heterocycles. The highest BCUT2D eigenvalue weighted by molar-refractivity contribution is 5.89. The number of nitrogens with one attached hydrogen (secondary N) is 2. The summed E-state index contributed by atoms with van der Waals surface area (Å²) in [6.07, 6.45) is 2.33. The molecular weight excluding hydrogens is 338 g/mol. The van der Waals surface area contributed by atoms with Gasteiger partial charge in [0.1, 0.15) is 5.75 Å². The van der Waals surface area contributed by atoms with Gasteiger partial charge in [0, 0.05) is 12.1 Å². The van der Waals surface area contributed by atoms with Crippen molar-refractivity contribution < 1.29 is 27.8 Å². The van der Waals surface area contributed by atoms with E-state index in [1.54, 1.807) is 18.2 Å². The second-order valence-corrected chi connectivity index (χ2v) is 4.57. The summed E-state index contributed by atoms with van der Waals surface area (Å²) in [5.74, 6) is -0.582. The number of benzene rings is 1. The lowest BCUT2D eigenvalue weighted by molar-refractivity contribution is -0.0504. The smallest absolute Gasteiger partial charge is 0.387 e. The Hall–Kier alpha value is -3.30. The molecule has 0 fully saturated rings. The minimum absolute atomic E-state index is 0.00784. The Morgan fingerprint density at radius 3 is 2.60 bits per heavy atom. The zero-order valence-electron chi connectivity index (χ0n) is 13.0. The van der Waals surface area contributed by atoms with E-state index in [0.717, 1.165) is 6.20 Å². The van der Waals surface area contributed by atoms with Gasteiger partial charge in [0.15, 0.2) is 11.5 Å². The lowest BCUT2D eigenvalue weighted by Crippen LogP contribution is -2.29. The van der Waals surface area contributed by atoms with Gasteiger partial charge in [-0.25, -0.2) is 19.6 Å². The van der Waals surface area contributed by atoms with Crippen LogP contribution in [0.4, 0.5) is 19.4 Å². The fourth-order valence-corrected chi connectivity index (χ4v) is 1.80. The molecule has 0 radical (unpaired) electrons. The molecule has 8 nitrogen and oxygen atoms in total. The van der Waals surface area contributed by atoms with Crippen molar-refractivity contribution in [1.29, 1.82) is 0 Å². The summed E-state index contributed by atoms with van der Waals surface area (Å²) in [6, 6.07) is 5.46. The predicted octanol–water partition coefficient (Wildman–Crippen LogP) is 2.19. The van der Waals surface area contributed by atoms with E-state index in [1.165, 1.54) is 19.4 Å². The number of ether oxygens (including phenoxy) is 2. The molecular formula is C15H14F2N4O4. The second kappa shape index (κ2) is 8.52. The summed E-state index contributed by atoms with van der Waals surface area (Å²) in [4.78, 5) is 30.7. The number of hydrogen-bond acceptors (Lipinski definition) is 6. The van der Waals surface area contributed by atoms with E-state index in [4.69, 9.17) is 0 Å². The van der Waals surface area contributed by atoms with Gasteiger partial charge in [-0.1, -0.05) is 18.2 Å². The lowest BCUT2D eigenvalue weighted by Gasteiger charge is -2.11. The molecule has 132 valence electrons. The molecule has 10 heteroatoms. The molecule has 0 bridgehead atoms. The Balaban J connectivity index is 1.92. The zero-order valence-corrected chi connectivity index (χ0v) is 13.0. The van der Waals surface area contributed by atoms with Crippen molar-refractivity contribution in [2.75, 3.05) is 12.4 Å². The summed E-state index contributed by atoms with van der Waals surface area (Å²) in [5, 5.41) is 4.87. The Labute approximate surface area is 141 Å². The van der Waals surface area contributed by atoms with E-state index < -0.39 is 18.6 Å². The summed E-state index contributed by atoms with van der Waals surface area (Å²) >= 11 is 0. The van der Waals surface area contributed by atoms with Gasteiger partial charge >= 0.3 is 18.6 Å². The third-order valence-electron chi connectivity index (χ3n) is 2.92. The molecule has 2 rings (SSSR count). The van der Waals surface area contributed by atoms with Crippen LogP contribution in [0.2, 0.25) is 0 Å². The number of methoxy groups -OCH3 is 1. The highest BCUT2D eigenvalue weighted by Gasteiger charge is 2.11. The molecule has 2 N–H and O–H groups in total. The maximum Gasteiger partial charge on any atom is 0.387 e. The summed E-state index contributed by atoms with van der Waals surface area (Å²) in [5.41, 5.74) is 0.372. The van der Waals surface area contributed by atoms with Crippen LogP contribution in [-0.4, -0.2) is 35.7 Å². The van der Waals surface area contributed by atoms with Crippen LogP contribution in [0.1, 0.15) is 16.1 Å². The molecule has 1 aromatic heterocycles. The molecule has 2 amide bonds. The molecule has 1 aromatic carbocycles. The van der Waals surface area contributed by atoms with E-state index in [-0.39, 0.29) is 23.8 Å². The van der Waals surface area contributed by atoms with Crippen molar-refractivity contribution in [1.82, 2.24) is 15.3 Å². The van der Waals surface area contributed by atoms with Crippen LogP contribution in [0.5, 0.6) is 5.75 Å². The van der Waals surface area contributed by atoms with Gasteiger partial charge < -0.3 is 14.8 Å². The number of halogens is 2. The number of rotatable bonds is 6. The summed E-state index contributed by atoms with van der Waals surface area (Å²) in [6.45, 7) is -3.00. The van der Waals surface area contributed by atoms with Crippen molar-refractivity contribution in [2.24, 2.45) is 0 Å². The highest BCUT2D eigenvalue weighted by atomic mass is 19.3. The maximum atomic E-state index is 12.3. The summed E-state index contributed by atoms with van der Waals surface area (Å²) < 4.78 is 33.5. The Morgan fingerprint density at radius 2 is 1.96 bits per heavy atom. The van der Waals surface area contributed by atoms with Crippen LogP contribution in [0.25, 0.3) is 0 Å². The second-order valence-electron chi connectivity index (χ2n) is 4.57. The fourth-order valence-electron chi connectivity index (χ4n) is 1.80. The van der Waals surface area contributed by atoms with Crippen molar-refractivity contribution in [3.8, 4) is 5.75 Å². The van der Waals surface area contributed by atoms with Crippen LogP contribution in [0.15, 0.2) is 36.7 Å². The van der Waals surface area contributed by atoms with E-state index in [1.807, 2.05) is 0 Å². The zero-order chi connectivity index (χ0) is 18.2. The van der Waals surface area contributed by atoms with Gasteiger partial charge in [0.2, 0.25) is 0 Å². The minimum atomic E-state index is -2.96. The van der Waals surface area contributed by atoms with Crippen LogP contribution >= 0.6 is 0 Å². The quantitative estimate of drug-likeness (QED) is 0.773. The van der Waals surface area contributed by atoms with Crippen LogP contribution < -0.4 is 15.4 Å². The molecule has 1 heterocycles. The molecule has 0 aliphatic rings. The van der Waals surface area contributed by atoms with Crippen molar-refractivity contribution >= 4 is 17.8 Å². The van der Waals surface area contributed by atoms with Gasteiger partial charge in [0.05, 0.1) is 19.5 Å². The largest absolute Gasteiger partial charge is 0.464 e. The molecule has 0 saturated heterocycles. The SMILES string of the molecule is COC(=O)c1cnc(NC(=O)NCc2ccccc2OC(F)F)cn1. The minimum Gasteiger partial charge on any atom is -0.464 e. The Bertz CT molecular complexity index is 741. The number of aromatic nitrogens is 2. The van der Waals surface area contributed by atoms with Gasteiger partial charge in [0.25, 0.3) is 0 Å². The van der Waals surface area contributed by atoms with E-state index in [2.05, 4.69) is 30.1 Å². The molecule has 0 aliphatic carbocycles. The Morgan fingerprint density at radius 1 is 1.20 bits per heavy atom. The normalized spacial score (nSPS) is 10.2. The van der Waals surface area contributed by atoms with Gasteiger partial charge in [-0.05, 0) is 6.07 Å². The standard InChI is InChI=1S/C15H14F2N4O4/c1-24-13(22)10-7-19-12(8-18-10)21-15(23)20-6-9-4-2-3-5-11(9)25-14(16)17/h2-5,7-8,14H,6H2,1H3,(H2,19,20,21,23). The molecule has 25 heavy (non-hydrogen) atoms. The van der Waals surface area contributed by atoms with Gasteiger partial charge in [-0.3, -0.25) is 5.32 Å². The monoisotopic (exact) mass is 352 g/mol. The fraction of sp³-hybridized carbons (Fsp3) is 0.200. The topological polar surface area (TPSA) is 102 Å². The third kappa shape index (κ3) is 5.37. The molecule has 0 saturated carbocycles. The van der Waals surface area contributed by atoms with E-state index in [0.29, 0.717) is 5.56 Å². The van der Waals surface area contributed by atoms with Crippen molar-refractivity contribution in [2.45, 2.75) is 13.2 Å². The number of para-hydroxylation sites is 1. The summed E-state index contributed by atoms with van der Waals surface area (Å²) in [7, 11) is 1.21. The van der Waals surface area contributed by atoms with Gasteiger partial charge in [-0.15, -0.1) is 0 Å². The third-order valence-corrected chi connectivity index (χ3v) is 2.92. The predicted molar refractivity (Wildman–Crippen MR) is 82.3 cm³/mol. The first-order chi connectivity index (χ1) is 12.0. The first-order valence-corrected chi connectivity index (χ1v) is 6.97. The number of anilines is 1. The number of urea groups is 1. The van der Waals surface area contributed by atoms with E-state index >= 15 is 0 Å². The maximum absolute atomic E-state index is 12.3. The molecule has 0 spiro atoms.